The second kappa shape index (κ2) is 7.35. The summed E-state index contributed by atoms with van der Waals surface area (Å²) in [6.07, 6.45) is -0.773. The molecule has 3 N–H and O–H groups in total. The lowest BCUT2D eigenvalue weighted by Crippen LogP contribution is -2.30. The van der Waals surface area contributed by atoms with E-state index in [2.05, 4.69) is 5.32 Å². The van der Waals surface area contributed by atoms with Crippen LogP contribution in [0.4, 0.5) is 5.00 Å². The van der Waals surface area contributed by atoms with Crippen molar-refractivity contribution >= 4 is 28.2 Å². The number of anilines is 1. The molecule has 2 aromatic rings. The zero-order chi connectivity index (χ0) is 17.9. The molecule has 0 bridgehead atoms. The second-order valence-electron chi connectivity index (χ2n) is 5.25. The lowest BCUT2D eigenvalue weighted by molar-refractivity contribution is -0.122. The molecular formula is C17H20N2O4S. The number of carbonyl (C=O) groups excluding carboxylic acids is 2. The van der Waals surface area contributed by atoms with E-state index in [-0.39, 0.29) is 5.91 Å². The molecule has 7 heteroatoms. The number of hydrogen-bond acceptors (Lipinski definition) is 5. The van der Waals surface area contributed by atoms with Gasteiger partial charge in [0.15, 0.2) is 17.6 Å². The Kier molecular flexibility index (Phi) is 5.46. The van der Waals surface area contributed by atoms with E-state index in [1.54, 1.807) is 32.0 Å². The molecule has 1 atom stereocenters. The first-order valence-corrected chi connectivity index (χ1v) is 8.17. The number of aryl methyl sites for hydroxylation is 1. The number of thiophene rings is 1. The van der Waals surface area contributed by atoms with E-state index in [4.69, 9.17) is 15.2 Å². The van der Waals surface area contributed by atoms with E-state index >= 15 is 0 Å². The van der Waals surface area contributed by atoms with Crippen LogP contribution in [0.2, 0.25) is 0 Å². The van der Waals surface area contributed by atoms with Gasteiger partial charge in [0.2, 0.25) is 0 Å². The number of methoxy groups -OCH3 is 1. The summed E-state index contributed by atoms with van der Waals surface area (Å²) in [5.41, 5.74) is 6.53. The van der Waals surface area contributed by atoms with Crippen molar-refractivity contribution < 1.29 is 19.1 Å². The number of para-hydroxylation sites is 2. The van der Waals surface area contributed by atoms with Crippen LogP contribution in [0.3, 0.4) is 0 Å². The molecular weight excluding hydrogens is 328 g/mol. The SMILES string of the molecule is COc1ccccc1OC(C)C(=O)Nc1sc(C)c(C)c1C(N)=O. The number of rotatable bonds is 6. The molecule has 0 radical (unpaired) electrons. The first-order valence-electron chi connectivity index (χ1n) is 7.35. The molecule has 0 spiro atoms. The fourth-order valence-corrected chi connectivity index (χ4v) is 3.25. The van der Waals surface area contributed by atoms with E-state index in [0.29, 0.717) is 22.1 Å². The maximum atomic E-state index is 12.4. The second-order valence-corrected chi connectivity index (χ2v) is 6.48. The molecule has 1 aromatic carbocycles. The zero-order valence-electron chi connectivity index (χ0n) is 14.0. The molecule has 0 aliphatic rings. The van der Waals surface area contributed by atoms with Gasteiger partial charge in [0.05, 0.1) is 12.7 Å². The summed E-state index contributed by atoms with van der Waals surface area (Å²) in [4.78, 5) is 24.9. The molecule has 0 aliphatic heterocycles. The fraction of sp³-hybridized carbons (Fsp3) is 0.294. The lowest BCUT2D eigenvalue weighted by Gasteiger charge is -2.16. The van der Waals surface area contributed by atoms with Gasteiger partial charge in [-0.05, 0) is 38.5 Å². The predicted molar refractivity (Wildman–Crippen MR) is 94.0 cm³/mol. The minimum absolute atomic E-state index is 0.343. The minimum atomic E-state index is -0.773. The van der Waals surface area contributed by atoms with Crippen LogP contribution in [0.15, 0.2) is 24.3 Å². The molecule has 0 saturated heterocycles. The van der Waals surface area contributed by atoms with Crippen molar-refractivity contribution in [3.05, 3.63) is 40.3 Å². The highest BCUT2D eigenvalue weighted by atomic mass is 32.1. The lowest BCUT2D eigenvalue weighted by atomic mass is 10.1. The number of hydrogen-bond donors (Lipinski definition) is 2. The average Bonchev–Trinajstić information content (AvgIpc) is 2.82. The molecule has 1 heterocycles. The Labute approximate surface area is 144 Å². The summed E-state index contributed by atoms with van der Waals surface area (Å²) in [6.45, 7) is 5.30. The molecule has 1 unspecified atom stereocenters. The molecule has 0 fully saturated rings. The van der Waals surface area contributed by atoms with Crippen molar-refractivity contribution in [3.63, 3.8) is 0 Å². The number of nitrogens with two attached hydrogens (primary N) is 1. The van der Waals surface area contributed by atoms with Crippen molar-refractivity contribution in [3.8, 4) is 11.5 Å². The highest BCUT2D eigenvalue weighted by Gasteiger charge is 2.22. The topological polar surface area (TPSA) is 90.7 Å². The van der Waals surface area contributed by atoms with Gasteiger partial charge in [0.25, 0.3) is 11.8 Å². The summed E-state index contributed by atoms with van der Waals surface area (Å²) in [5, 5.41) is 3.17. The van der Waals surface area contributed by atoms with Gasteiger partial charge in [-0.15, -0.1) is 11.3 Å². The van der Waals surface area contributed by atoms with E-state index < -0.39 is 12.0 Å². The van der Waals surface area contributed by atoms with E-state index in [9.17, 15) is 9.59 Å². The highest BCUT2D eigenvalue weighted by Crippen LogP contribution is 2.32. The Morgan fingerprint density at radius 2 is 1.83 bits per heavy atom. The quantitative estimate of drug-likeness (QED) is 0.840. The molecule has 0 saturated carbocycles. The van der Waals surface area contributed by atoms with Crippen molar-refractivity contribution in [1.29, 1.82) is 0 Å². The van der Waals surface area contributed by atoms with Crippen LogP contribution in [-0.4, -0.2) is 25.0 Å². The predicted octanol–water partition coefficient (Wildman–Crippen LogP) is 2.88. The average molecular weight is 348 g/mol. The van der Waals surface area contributed by atoms with E-state index in [0.717, 1.165) is 10.4 Å². The normalized spacial score (nSPS) is 11.7. The standard InChI is InChI=1S/C17H20N2O4S/c1-9-11(3)24-17(14(9)15(18)20)19-16(21)10(2)23-13-8-6-5-7-12(13)22-4/h5-8,10H,1-4H3,(H2,18,20)(H,19,21). The Hall–Kier alpha value is -2.54. The monoisotopic (exact) mass is 348 g/mol. The maximum Gasteiger partial charge on any atom is 0.265 e. The molecule has 24 heavy (non-hydrogen) atoms. The van der Waals surface area contributed by atoms with Gasteiger partial charge in [0, 0.05) is 4.88 Å². The summed E-state index contributed by atoms with van der Waals surface area (Å²) < 4.78 is 10.9. The van der Waals surface area contributed by atoms with Crippen molar-refractivity contribution in [2.45, 2.75) is 26.9 Å². The molecule has 1 aromatic heterocycles. The summed E-state index contributed by atoms with van der Waals surface area (Å²) in [5.74, 6) is 0.0733. The first kappa shape index (κ1) is 17.8. The van der Waals surface area contributed by atoms with Crippen LogP contribution in [0, 0.1) is 13.8 Å². The Morgan fingerprint density at radius 1 is 1.21 bits per heavy atom. The summed E-state index contributed by atoms with van der Waals surface area (Å²) in [6, 6.07) is 7.07. The number of amides is 2. The number of ether oxygens (including phenoxy) is 2. The molecule has 128 valence electrons. The summed E-state index contributed by atoms with van der Waals surface area (Å²) in [7, 11) is 1.53. The highest BCUT2D eigenvalue weighted by molar-refractivity contribution is 7.16. The van der Waals surface area contributed by atoms with Gasteiger partial charge in [-0.1, -0.05) is 12.1 Å². The van der Waals surface area contributed by atoms with Gasteiger partial charge in [-0.25, -0.2) is 0 Å². The third-order valence-electron chi connectivity index (χ3n) is 3.61. The molecule has 6 nitrogen and oxygen atoms in total. The van der Waals surface area contributed by atoms with Crippen LogP contribution in [0.5, 0.6) is 11.5 Å². The largest absolute Gasteiger partial charge is 0.493 e. The third kappa shape index (κ3) is 3.68. The van der Waals surface area contributed by atoms with Crippen LogP contribution >= 0.6 is 11.3 Å². The van der Waals surface area contributed by atoms with Gasteiger partial charge in [0.1, 0.15) is 5.00 Å². The molecule has 0 aliphatic carbocycles. The van der Waals surface area contributed by atoms with Crippen molar-refractivity contribution in [2.75, 3.05) is 12.4 Å². The smallest absolute Gasteiger partial charge is 0.265 e. The Morgan fingerprint density at radius 3 is 2.42 bits per heavy atom. The number of nitrogens with one attached hydrogen (secondary N) is 1. The van der Waals surface area contributed by atoms with Crippen LogP contribution in [-0.2, 0) is 4.79 Å². The Balaban J connectivity index is 2.15. The van der Waals surface area contributed by atoms with Crippen LogP contribution in [0.1, 0.15) is 27.7 Å². The summed E-state index contributed by atoms with van der Waals surface area (Å²) >= 11 is 1.32. The first-order chi connectivity index (χ1) is 11.3. The van der Waals surface area contributed by atoms with Gasteiger partial charge in [-0.3, -0.25) is 9.59 Å². The van der Waals surface area contributed by atoms with E-state index in [1.165, 1.54) is 18.4 Å². The van der Waals surface area contributed by atoms with Crippen molar-refractivity contribution in [1.82, 2.24) is 0 Å². The maximum absolute atomic E-state index is 12.4. The minimum Gasteiger partial charge on any atom is -0.493 e. The van der Waals surface area contributed by atoms with E-state index in [1.807, 2.05) is 13.0 Å². The molecule has 2 rings (SSSR count). The van der Waals surface area contributed by atoms with Crippen LogP contribution in [0.25, 0.3) is 0 Å². The van der Waals surface area contributed by atoms with Gasteiger partial charge >= 0.3 is 0 Å². The number of primary amides is 1. The Bertz CT molecular complexity index is 770. The molecule has 2 amide bonds. The van der Waals surface area contributed by atoms with Crippen molar-refractivity contribution in [2.24, 2.45) is 5.73 Å². The van der Waals surface area contributed by atoms with Gasteiger partial charge in [-0.2, -0.15) is 0 Å². The van der Waals surface area contributed by atoms with Gasteiger partial charge < -0.3 is 20.5 Å². The number of carbonyl (C=O) groups is 2. The number of benzene rings is 1. The fourth-order valence-electron chi connectivity index (χ4n) is 2.19. The zero-order valence-corrected chi connectivity index (χ0v) is 14.8. The van der Waals surface area contributed by atoms with Crippen LogP contribution < -0.4 is 20.5 Å². The third-order valence-corrected chi connectivity index (χ3v) is 4.73.